The molecule has 0 atom stereocenters. The summed E-state index contributed by atoms with van der Waals surface area (Å²) in [6, 6.07) is 23.0. The molecule has 108 valence electrons. The average molecular weight is 312 g/mol. The SMILES string of the molecule is c1ccc2nc(-c3cc4c(cn3)sc3ccccc34)ccc2c1. The Kier molecular flexibility index (Phi) is 2.69. The van der Waals surface area contributed by atoms with Crippen LogP contribution in [0.15, 0.2) is 72.9 Å². The lowest BCUT2D eigenvalue weighted by molar-refractivity contribution is 1.30. The second-order valence-corrected chi connectivity index (χ2v) is 6.64. The van der Waals surface area contributed by atoms with Gasteiger partial charge >= 0.3 is 0 Å². The van der Waals surface area contributed by atoms with Crippen LogP contribution in [0.2, 0.25) is 0 Å². The minimum Gasteiger partial charge on any atom is -0.253 e. The minimum atomic E-state index is 0.917. The third-order valence-electron chi connectivity index (χ3n) is 4.13. The van der Waals surface area contributed by atoms with Crippen molar-refractivity contribution in [2.24, 2.45) is 0 Å². The normalized spacial score (nSPS) is 11.5. The topological polar surface area (TPSA) is 25.8 Å². The van der Waals surface area contributed by atoms with E-state index < -0.39 is 0 Å². The Morgan fingerprint density at radius 3 is 2.57 bits per heavy atom. The number of aromatic nitrogens is 2. The second-order valence-electron chi connectivity index (χ2n) is 5.55. The van der Waals surface area contributed by atoms with Gasteiger partial charge in [0.1, 0.15) is 0 Å². The van der Waals surface area contributed by atoms with Gasteiger partial charge in [0.05, 0.1) is 21.6 Å². The van der Waals surface area contributed by atoms with Crippen molar-refractivity contribution in [2.45, 2.75) is 0 Å². The Morgan fingerprint density at radius 2 is 1.57 bits per heavy atom. The van der Waals surface area contributed by atoms with Crippen molar-refractivity contribution >= 4 is 42.4 Å². The van der Waals surface area contributed by atoms with Gasteiger partial charge in [0.2, 0.25) is 0 Å². The summed E-state index contributed by atoms with van der Waals surface area (Å²) in [5, 5.41) is 3.70. The summed E-state index contributed by atoms with van der Waals surface area (Å²) in [4.78, 5) is 9.38. The van der Waals surface area contributed by atoms with Crippen LogP contribution < -0.4 is 0 Å². The highest BCUT2D eigenvalue weighted by molar-refractivity contribution is 7.25. The molecular weight excluding hydrogens is 300 g/mol. The molecule has 3 heteroatoms. The first kappa shape index (κ1) is 12.7. The van der Waals surface area contributed by atoms with Crippen molar-refractivity contribution in [1.29, 1.82) is 0 Å². The largest absolute Gasteiger partial charge is 0.253 e. The monoisotopic (exact) mass is 312 g/mol. The van der Waals surface area contributed by atoms with Gasteiger partial charge in [-0.2, -0.15) is 0 Å². The standard InChI is InChI=1S/C20H12N2S/c1-3-7-16-13(5-1)9-10-17(22-16)18-11-15-14-6-2-4-8-19(14)23-20(15)12-21-18/h1-12H. The Labute approximate surface area is 137 Å². The number of benzene rings is 2. The Hall–Kier alpha value is -2.78. The number of nitrogens with zero attached hydrogens (tertiary/aromatic N) is 2. The van der Waals surface area contributed by atoms with E-state index in [1.165, 1.54) is 20.2 Å². The Balaban J connectivity index is 1.76. The maximum absolute atomic E-state index is 4.76. The molecule has 2 nitrogen and oxygen atoms in total. The summed E-state index contributed by atoms with van der Waals surface area (Å²) in [5.41, 5.74) is 2.84. The number of para-hydroxylation sites is 1. The van der Waals surface area contributed by atoms with Crippen molar-refractivity contribution in [3.63, 3.8) is 0 Å². The van der Waals surface area contributed by atoms with E-state index in [0.29, 0.717) is 0 Å². The van der Waals surface area contributed by atoms with E-state index in [1.807, 2.05) is 30.5 Å². The van der Waals surface area contributed by atoms with Gasteiger partial charge in [0, 0.05) is 27.1 Å². The predicted molar refractivity (Wildman–Crippen MR) is 97.9 cm³/mol. The van der Waals surface area contributed by atoms with E-state index in [1.54, 1.807) is 11.3 Å². The van der Waals surface area contributed by atoms with Gasteiger partial charge in [-0.1, -0.05) is 42.5 Å². The predicted octanol–water partition coefficient (Wildman–Crippen LogP) is 5.66. The maximum atomic E-state index is 4.76. The summed E-state index contributed by atoms with van der Waals surface area (Å²) in [7, 11) is 0. The van der Waals surface area contributed by atoms with Crippen molar-refractivity contribution in [2.75, 3.05) is 0 Å². The highest BCUT2D eigenvalue weighted by Gasteiger charge is 2.08. The fourth-order valence-corrected chi connectivity index (χ4v) is 4.04. The summed E-state index contributed by atoms with van der Waals surface area (Å²) < 4.78 is 2.52. The summed E-state index contributed by atoms with van der Waals surface area (Å²) in [6.45, 7) is 0. The number of thiophene rings is 1. The molecule has 0 N–H and O–H groups in total. The van der Waals surface area contributed by atoms with Gasteiger partial charge in [-0.25, -0.2) is 4.98 Å². The molecule has 0 amide bonds. The number of fused-ring (bicyclic) bond motifs is 4. The smallest absolute Gasteiger partial charge is 0.0894 e. The van der Waals surface area contributed by atoms with Crippen LogP contribution in [0.4, 0.5) is 0 Å². The van der Waals surface area contributed by atoms with Gasteiger partial charge in [0.15, 0.2) is 0 Å². The number of rotatable bonds is 1. The van der Waals surface area contributed by atoms with Crippen LogP contribution in [0, 0.1) is 0 Å². The van der Waals surface area contributed by atoms with E-state index in [2.05, 4.69) is 47.4 Å². The fourth-order valence-electron chi connectivity index (χ4n) is 2.98. The molecule has 0 aliphatic carbocycles. The van der Waals surface area contributed by atoms with Crippen LogP contribution in [0.1, 0.15) is 0 Å². The molecule has 0 radical (unpaired) electrons. The summed E-state index contributed by atoms with van der Waals surface area (Å²) >= 11 is 1.79. The molecule has 5 aromatic rings. The fraction of sp³-hybridized carbons (Fsp3) is 0. The van der Waals surface area contributed by atoms with Crippen molar-refractivity contribution in [3.05, 3.63) is 72.9 Å². The number of hydrogen-bond acceptors (Lipinski definition) is 3. The van der Waals surface area contributed by atoms with Crippen LogP contribution >= 0.6 is 11.3 Å². The molecule has 0 aliphatic rings. The first-order valence-corrected chi connectivity index (χ1v) is 8.34. The zero-order chi connectivity index (χ0) is 15.2. The van der Waals surface area contributed by atoms with E-state index in [-0.39, 0.29) is 0 Å². The van der Waals surface area contributed by atoms with Crippen LogP contribution in [0.25, 0.3) is 42.5 Å². The Morgan fingerprint density at radius 1 is 0.696 bits per heavy atom. The number of pyridine rings is 2. The molecule has 0 saturated carbocycles. The van der Waals surface area contributed by atoms with Crippen molar-refractivity contribution in [1.82, 2.24) is 9.97 Å². The van der Waals surface area contributed by atoms with Gasteiger partial charge < -0.3 is 0 Å². The molecular formula is C20H12N2S. The lowest BCUT2D eigenvalue weighted by Crippen LogP contribution is -1.87. The molecule has 2 aromatic carbocycles. The van der Waals surface area contributed by atoms with E-state index in [9.17, 15) is 0 Å². The molecule has 0 fully saturated rings. The second kappa shape index (κ2) is 4.86. The summed E-state index contributed by atoms with van der Waals surface area (Å²) in [6.07, 6.45) is 1.96. The molecule has 3 aromatic heterocycles. The van der Waals surface area contributed by atoms with Gasteiger partial charge in [-0.3, -0.25) is 4.98 Å². The van der Waals surface area contributed by atoms with Crippen LogP contribution in [-0.4, -0.2) is 9.97 Å². The van der Waals surface area contributed by atoms with E-state index in [4.69, 9.17) is 4.98 Å². The van der Waals surface area contributed by atoms with E-state index in [0.717, 1.165) is 22.3 Å². The van der Waals surface area contributed by atoms with Crippen LogP contribution in [0.3, 0.4) is 0 Å². The summed E-state index contributed by atoms with van der Waals surface area (Å²) in [5.74, 6) is 0. The van der Waals surface area contributed by atoms with Gasteiger partial charge in [-0.15, -0.1) is 11.3 Å². The third-order valence-corrected chi connectivity index (χ3v) is 5.25. The van der Waals surface area contributed by atoms with E-state index >= 15 is 0 Å². The lowest BCUT2D eigenvalue weighted by atomic mass is 10.1. The molecule has 3 heterocycles. The highest BCUT2D eigenvalue weighted by Crippen LogP contribution is 2.34. The zero-order valence-electron chi connectivity index (χ0n) is 12.2. The van der Waals surface area contributed by atoms with Crippen LogP contribution in [-0.2, 0) is 0 Å². The quantitative estimate of drug-likeness (QED) is 0.399. The molecule has 0 bridgehead atoms. The average Bonchev–Trinajstić information content (AvgIpc) is 2.99. The maximum Gasteiger partial charge on any atom is 0.0894 e. The minimum absolute atomic E-state index is 0.917. The van der Waals surface area contributed by atoms with Gasteiger partial charge in [-0.05, 0) is 24.3 Å². The molecule has 0 spiro atoms. The Bertz CT molecular complexity index is 1170. The first-order valence-electron chi connectivity index (χ1n) is 7.52. The molecule has 0 saturated heterocycles. The van der Waals surface area contributed by atoms with Gasteiger partial charge in [0.25, 0.3) is 0 Å². The third kappa shape index (κ3) is 2.01. The van der Waals surface area contributed by atoms with Crippen LogP contribution in [0.5, 0.6) is 0 Å². The molecule has 5 rings (SSSR count). The lowest BCUT2D eigenvalue weighted by Gasteiger charge is -2.03. The van der Waals surface area contributed by atoms with Crippen molar-refractivity contribution < 1.29 is 0 Å². The number of hydrogen-bond donors (Lipinski definition) is 0. The molecule has 0 unspecified atom stereocenters. The highest BCUT2D eigenvalue weighted by atomic mass is 32.1. The zero-order valence-corrected chi connectivity index (χ0v) is 13.0. The van der Waals surface area contributed by atoms with Crippen molar-refractivity contribution in [3.8, 4) is 11.4 Å². The molecule has 0 aliphatic heterocycles. The first-order chi connectivity index (χ1) is 11.4. The molecule has 23 heavy (non-hydrogen) atoms.